The largest absolute Gasteiger partial charge is 0.345 e. The van der Waals surface area contributed by atoms with E-state index in [9.17, 15) is 0 Å². The minimum Gasteiger partial charge on any atom is -0.345 e. The highest BCUT2D eigenvalue weighted by molar-refractivity contribution is 7.79. The predicted molar refractivity (Wildman–Crippen MR) is 59.1 cm³/mol. The standard InChI is InChI=1S/C10H20O2S/c1-6-8(2)11-9(7-13)12-10(3,4)5/h7-9H,6H2,1-5H3. The fourth-order valence-electron chi connectivity index (χ4n) is 0.761. The summed E-state index contributed by atoms with van der Waals surface area (Å²) in [5, 5.41) is 1.53. The van der Waals surface area contributed by atoms with Crippen molar-refractivity contribution in [2.45, 2.75) is 59.0 Å². The fraction of sp³-hybridized carbons (Fsp3) is 0.900. The summed E-state index contributed by atoms with van der Waals surface area (Å²) in [5.74, 6) is 0. The summed E-state index contributed by atoms with van der Waals surface area (Å²) >= 11 is 4.83. The van der Waals surface area contributed by atoms with Crippen LogP contribution in [0.25, 0.3) is 0 Å². The molecule has 0 aromatic carbocycles. The maximum absolute atomic E-state index is 5.58. The maximum atomic E-state index is 5.58. The number of hydrogen-bond donors (Lipinski definition) is 0. The molecule has 0 fully saturated rings. The van der Waals surface area contributed by atoms with E-state index in [0.29, 0.717) is 0 Å². The van der Waals surface area contributed by atoms with Crippen molar-refractivity contribution in [2.24, 2.45) is 0 Å². The van der Waals surface area contributed by atoms with Crippen molar-refractivity contribution in [3.8, 4) is 0 Å². The molecule has 2 unspecified atom stereocenters. The van der Waals surface area contributed by atoms with Crippen LogP contribution in [0.5, 0.6) is 0 Å². The SMILES string of the molecule is CCC(C)OC(C=S)OC(C)(C)C. The van der Waals surface area contributed by atoms with Gasteiger partial charge in [0.25, 0.3) is 0 Å². The van der Waals surface area contributed by atoms with E-state index in [2.05, 4.69) is 6.92 Å². The lowest BCUT2D eigenvalue weighted by Gasteiger charge is -2.26. The number of thiocarbonyl (C=S) groups is 1. The normalized spacial score (nSPS) is 16.7. The molecule has 2 nitrogen and oxygen atoms in total. The molecule has 0 amide bonds. The van der Waals surface area contributed by atoms with E-state index < -0.39 is 0 Å². The number of rotatable bonds is 5. The van der Waals surface area contributed by atoms with Crippen LogP contribution in [-0.4, -0.2) is 23.4 Å². The molecule has 0 bridgehead atoms. The van der Waals surface area contributed by atoms with Gasteiger partial charge < -0.3 is 9.47 Å². The molecule has 0 saturated carbocycles. The van der Waals surface area contributed by atoms with Gasteiger partial charge in [-0.15, -0.1) is 0 Å². The second-order valence-corrected chi connectivity index (χ2v) is 4.36. The Morgan fingerprint density at radius 1 is 1.38 bits per heavy atom. The molecular weight excluding hydrogens is 184 g/mol. The third kappa shape index (κ3) is 7.11. The Kier molecular flexibility index (Phi) is 5.68. The van der Waals surface area contributed by atoms with E-state index in [1.807, 2.05) is 27.7 Å². The van der Waals surface area contributed by atoms with Crippen LogP contribution in [0.1, 0.15) is 41.0 Å². The zero-order valence-corrected chi connectivity index (χ0v) is 9.98. The molecule has 2 atom stereocenters. The Morgan fingerprint density at radius 2 is 1.92 bits per heavy atom. The second kappa shape index (κ2) is 5.68. The molecule has 0 heterocycles. The Balaban J connectivity index is 3.97. The van der Waals surface area contributed by atoms with Gasteiger partial charge in [-0.3, -0.25) is 0 Å². The Morgan fingerprint density at radius 3 is 2.23 bits per heavy atom. The summed E-state index contributed by atoms with van der Waals surface area (Å²) in [5.41, 5.74) is -0.215. The van der Waals surface area contributed by atoms with Gasteiger partial charge in [0.05, 0.1) is 11.7 Å². The molecule has 3 heteroatoms. The van der Waals surface area contributed by atoms with E-state index in [-0.39, 0.29) is 18.0 Å². The first-order valence-corrected chi connectivity index (χ1v) is 5.14. The lowest BCUT2D eigenvalue weighted by molar-refractivity contribution is -0.173. The molecule has 0 saturated heterocycles. The Hall–Kier alpha value is 0.01000. The van der Waals surface area contributed by atoms with Crippen LogP contribution in [0, 0.1) is 0 Å². The summed E-state index contributed by atoms with van der Waals surface area (Å²) in [6.07, 6.45) is 0.782. The minimum absolute atomic E-state index is 0.187. The molecule has 13 heavy (non-hydrogen) atoms. The predicted octanol–water partition coefficient (Wildman–Crippen LogP) is 2.94. The van der Waals surface area contributed by atoms with Crippen LogP contribution in [0.3, 0.4) is 0 Å². The third-order valence-corrected chi connectivity index (χ3v) is 1.74. The average molecular weight is 204 g/mol. The van der Waals surface area contributed by atoms with E-state index in [1.165, 1.54) is 5.37 Å². The zero-order chi connectivity index (χ0) is 10.5. The summed E-state index contributed by atoms with van der Waals surface area (Å²) in [4.78, 5) is 0. The zero-order valence-electron chi connectivity index (χ0n) is 9.16. The average Bonchev–Trinajstić information content (AvgIpc) is 2.00. The van der Waals surface area contributed by atoms with E-state index in [1.54, 1.807) is 0 Å². The van der Waals surface area contributed by atoms with E-state index in [4.69, 9.17) is 21.7 Å². The lowest BCUT2D eigenvalue weighted by Crippen LogP contribution is -2.32. The van der Waals surface area contributed by atoms with Gasteiger partial charge in [0.1, 0.15) is 0 Å². The Bertz CT molecular complexity index is 151. The molecule has 0 N–H and O–H groups in total. The Labute approximate surface area is 86.6 Å². The van der Waals surface area contributed by atoms with Crippen LogP contribution < -0.4 is 0 Å². The van der Waals surface area contributed by atoms with Crippen LogP contribution in [0.2, 0.25) is 0 Å². The summed E-state index contributed by atoms with van der Waals surface area (Å²) in [7, 11) is 0. The highest BCUT2D eigenvalue weighted by Gasteiger charge is 2.18. The van der Waals surface area contributed by atoms with Crippen LogP contribution in [-0.2, 0) is 9.47 Å². The highest BCUT2D eigenvalue weighted by Crippen LogP contribution is 2.12. The lowest BCUT2D eigenvalue weighted by atomic mass is 10.2. The summed E-state index contributed by atoms with van der Waals surface area (Å²) in [6.45, 7) is 10.0. The molecule has 0 radical (unpaired) electrons. The van der Waals surface area contributed by atoms with Gasteiger partial charge in [-0.25, -0.2) is 0 Å². The molecule has 0 aliphatic carbocycles. The summed E-state index contributed by atoms with van der Waals surface area (Å²) in [6, 6.07) is 0. The van der Waals surface area contributed by atoms with Gasteiger partial charge in [0.15, 0.2) is 6.29 Å². The minimum atomic E-state index is -0.370. The van der Waals surface area contributed by atoms with Crippen molar-refractivity contribution in [1.29, 1.82) is 0 Å². The van der Waals surface area contributed by atoms with E-state index in [0.717, 1.165) is 6.42 Å². The molecule has 0 rings (SSSR count). The first-order valence-electron chi connectivity index (χ1n) is 4.67. The number of hydrogen-bond acceptors (Lipinski definition) is 3. The number of ether oxygens (including phenoxy) is 2. The quantitative estimate of drug-likeness (QED) is 0.507. The van der Waals surface area contributed by atoms with Gasteiger partial charge in [0.2, 0.25) is 0 Å². The molecule has 0 aromatic rings. The van der Waals surface area contributed by atoms with Gasteiger partial charge in [-0.2, -0.15) is 0 Å². The summed E-state index contributed by atoms with van der Waals surface area (Å²) < 4.78 is 11.1. The van der Waals surface area contributed by atoms with Crippen LogP contribution >= 0.6 is 12.2 Å². The van der Waals surface area contributed by atoms with Gasteiger partial charge in [-0.1, -0.05) is 19.1 Å². The molecule has 0 spiro atoms. The molecule has 0 aliphatic rings. The van der Waals surface area contributed by atoms with Gasteiger partial charge in [0, 0.05) is 5.37 Å². The van der Waals surface area contributed by atoms with Crippen molar-refractivity contribution in [3.63, 3.8) is 0 Å². The molecule has 0 aromatic heterocycles. The van der Waals surface area contributed by atoms with Crippen LogP contribution in [0.15, 0.2) is 0 Å². The maximum Gasteiger partial charge on any atom is 0.187 e. The van der Waals surface area contributed by atoms with Crippen molar-refractivity contribution in [3.05, 3.63) is 0 Å². The molecular formula is C10H20O2S. The van der Waals surface area contributed by atoms with Gasteiger partial charge >= 0.3 is 0 Å². The highest BCUT2D eigenvalue weighted by atomic mass is 32.1. The molecule has 78 valence electrons. The van der Waals surface area contributed by atoms with Crippen molar-refractivity contribution in [2.75, 3.05) is 0 Å². The van der Waals surface area contributed by atoms with Gasteiger partial charge in [-0.05, 0) is 34.1 Å². The van der Waals surface area contributed by atoms with E-state index >= 15 is 0 Å². The second-order valence-electron chi connectivity index (χ2n) is 4.09. The van der Waals surface area contributed by atoms with Crippen LogP contribution in [0.4, 0.5) is 0 Å². The smallest absolute Gasteiger partial charge is 0.187 e. The topological polar surface area (TPSA) is 18.5 Å². The third-order valence-electron chi connectivity index (χ3n) is 1.52. The fourth-order valence-corrected chi connectivity index (χ4v) is 0.881. The first-order chi connectivity index (χ1) is 5.89. The monoisotopic (exact) mass is 204 g/mol. The first kappa shape index (κ1) is 13.0. The molecule has 0 aliphatic heterocycles. The van der Waals surface area contributed by atoms with Crippen molar-refractivity contribution >= 4 is 17.6 Å². The van der Waals surface area contributed by atoms with Crippen molar-refractivity contribution < 1.29 is 9.47 Å². The van der Waals surface area contributed by atoms with Crippen molar-refractivity contribution in [1.82, 2.24) is 0 Å².